The third-order valence-electron chi connectivity index (χ3n) is 3.63. The summed E-state index contributed by atoms with van der Waals surface area (Å²) >= 11 is 0. The van der Waals surface area contributed by atoms with Crippen molar-refractivity contribution in [2.24, 2.45) is 0 Å². The summed E-state index contributed by atoms with van der Waals surface area (Å²) in [4.78, 5) is 0. The Kier molecular flexibility index (Phi) is 3.22. The molecule has 0 unspecified atom stereocenters. The molecular formula is C17H16N2O2. The van der Waals surface area contributed by atoms with Crippen LogP contribution in [0.1, 0.15) is 16.7 Å². The minimum Gasteiger partial charge on any atom is -0.507 e. The van der Waals surface area contributed by atoms with Gasteiger partial charge in [-0.3, -0.25) is 0 Å². The number of aromatic nitrogens is 2. The van der Waals surface area contributed by atoms with E-state index < -0.39 is 0 Å². The zero-order chi connectivity index (χ0) is 15.0. The van der Waals surface area contributed by atoms with Crippen molar-refractivity contribution >= 4 is 0 Å². The van der Waals surface area contributed by atoms with Crippen molar-refractivity contribution in [3.8, 4) is 28.7 Å². The first-order valence-electron chi connectivity index (χ1n) is 6.76. The predicted molar refractivity (Wildman–Crippen MR) is 81.0 cm³/mol. The number of hydrogen-bond acceptors (Lipinski definition) is 4. The van der Waals surface area contributed by atoms with Gasteiger partial charge in [-0.2, -0.15) is 0 Å². The lowest BCUT2D eigenvalue weighted by molar-refractivity contribution is 0.473. The number of benzene rings is 2. The highest BCUT2D eigenvalue weighted by Crippen LogP contribution is 2.31. The van der Waals surface area contributed by atoms with E-state index in [1.54, 1.807) is 18.2 Å². The van der Waals surface area contributed by atoms with Crippen LogP contribution in [-0.2, 0) is 0 Å². The van der Waals surface area contributed by atoms with Crippen molar-refractivity contribution < 1.29 is 9.52 Å². The summed E-state index contributed by atoms with van der Waals surface area (Å²) < 4.78 is 5.73. The molecule has 3 aromatic rings. The fraction of sp³-hybridized carbons (Fsp3) is 0.176. The molecule has 2 aromatic carbocycles. The van der Waals surface area contributed by atoms with Crippen LogP contribution in [0.5, 0.6) is 5.75 Å². The zero-order valence-corrected chi connectivity index (χ0v) is 12.2. The van der Waals surface area contributed by atoms with Crippen LogP contribution in [-0.4, -0.2) is 15.3 Å². The Morgan fingerprint density at radius 1 is 0.810 bits per heavy atom. The topological polar surface area (TPSA) is 59.2 Å². The lowest BCUT2D eigenvalue weighted by Crippen LogP contribution is -1.88. The van der Waals surface area contributed by atoms with Gasteiger partial charge in [0.2, 0.25) is 5.89 Å². The van der Waals surface area contributed by atoms with E-state index in [0.717, 1.165) is 11.1 Å². The molecule has 1 N–H and O–H groups in total. The molecule has 0 amide bonds. The van der Waals surface area contributed by atoms with E-state index >= 15 is 0 Å². The van der Waals surface area contributed by atoms with Crippen molar-refractivity contribution in [3.63, 3.8) is 0 Å². The minimum atomic E-state index is 0.129. The fourth-order valence-corrected chi connectivity index (χ4v) is 2.29. The van der Waals surface area contributed by atoms with Gasteiger partial charge >= 0.3 is 0 Å². The Morgan fingerprint density at radius 3 is 2.14 bits per heavy atom. The van der Waals surface area contributed by atoms with E-state index in [-0.39, 0.29) is 5.75 Å². The molecule has 4 nitrogen and oxygen atoms in total. The second-order valence-corrected chi connectivity index (χ2v) is 5.18. The summed E-state index contributed by atoms with van der Waals surface area (Å²) in [6.07, 6.45) is 0. The highest BCUT2D eigenvalue weighted by Gasteiger charge is 2.15. The molecule has 3 rings (SSSR count). The molecule has 0 radical (unpaired) electrons. The molecular weight excluding hydrogens is 264 g/mol. The van der Waals surface area contributed by atoms with Crippen LogP contribution in [0.25, 0.3) is 22.9 Å². The van der Waals surface area contributed by atoms with Crippen LogP contribution < -0.4 is 0 Å². The van der Waals surface area contributed by atoms with E-state index in [4.69, 9.17) is 4.42 Å². The van der Waals surface area contributed by atoms with Gasteiger partial charge in [-0.05, 0) is 55.7 Å². The van der Waals surface area contributed by atoms with Crippen LogP contribution in [0.3, 0.4) is 0 Å². The highest BCUT2D eigenvalue weighted by molar-refractivity contribution is 5.65. The molecule has 0 spiro atoms. The molecule has 0 aliphatic rings. The van der Waals surface area contributed by atoms with Gasteiger partial charge in [-0.25, -0.2) is 0 Å². The maximum atomic E-state index is 9.85. The first-order chi connectivity index (χ1) is 10.1. The molecule has 4 heteroatoms. The molecule has 0 saturated heterocycles. The van der Waals surface area contributed by atoms with Crippen LogP contribution in [0.15, 0.2) is 40.8 Å². The molecule has 106 valence electrons. The first kappa shape index (κ1) is 13.4. The number of aryl methyl sites for hydroxylation is 3. The van der Waals surface area contributed by atoms with Crippen LogP contribution in [0.4, 0.5) is 0 Å². The second kappa shape index (κ2) is 5.05. The maximum Gasteiger partial charge on any atom is 0.251 e. The third kappa shape index (κ3) is 2.40. The van der Waals surface area contributed by atoms with E-state index in [2.05, 4.69) is 30.1 Å². The quantitative estimate of drug-likeness (QED) is 0.769. The van der Waals surface area contributed by atoms with Gasteiger partial charge in [0, 0.05) is 5.56 Å². The molecule has 1 heterocycles. The average molecular weight is 280 g/mol. The van der Waals surface area contributed by atoms with Crippen LogP contribution in [0, 0.1) is 20.8 Å². The summed E-state index contributed by atoms with van der Waals surface area (Å²) in [7, 11) is 0. The summed E-state index contributed by atoms with van der Waals surface area (Å²) in [5, 5.41) is 18.0. The Balaban J connectivity index is 2.07. The van der Waals surface area contributed by atoms with Crippen molar-refractivity contribution in [3.05, 3.63) is 53.1 Å². The summed E-state index contributed by atoms with van der Waals surface area (Å²) in [6.45, 7) is 6.15. The summed E-state index contributed by atoms with van der Waals surface area (Å²) in [5.74, 6) is 0.916. The minimum absolute atomic E-state index is 0.129. The fourth-order valence-electron chi connectivity index (χ4n) is 2.29. The number of phenols is 1. The largest absolute Gasteiger partial charge is 0.507 e. The SMILES string of the molecule is Cc1cc(C)c(-c2nnc(-c3ccccc3O)o2)cc1C. The monoisotopic (exact) mass is 280 g/mol. The van der Waals surface area contributed by atoms with E-state index in [0.29, 0.717) is 17.3 Å². The van der Waals surface area contributed by atoms with Crippen molar-refractivity contribution in [1.82, 2.24) is 10.2 Å². The standard InChI is InChI=1S/C17H16N2O2/c1-10-8-12(3)14(9-11(10)2)17-19-18-16(21-17)13-6-4-5-7-15(13)20/h4-9,20H,1-3H3. The smallest absolute Gasteiger partial charge is 0.251 e. The van der Waals surface area contributed by atoms with Gasteiger partial charge in [-0.15, -0.1) is 10.2 Å². The van der Waals surface area contributed by atoms with Gasteiger partial charge in [-0.1, -0.05) is 18.2 Å². The predicted octanol–water partition coefficient (Wildman–Crippen LogP) is 4.03. The first-order valence-corrected chi connectivity index (χ1v) is 6.76. The molecule has 0 atom stereocenters. The number of nitrogens with zero attached hydrogens (tertiary/aromatic N) is 2. The normalized spacial score (nSPS) is 10.8. The molecule has 1 aromatic heterocycles. The second-order valence-electron chi connectivity index (χ2n) is 5.18. The van der Waals surface area contributed by atoms with Gasteiger partial charge in [0.25, 0.3) is 5.89 Å². The maximum absolute atomic E-state index is 9.85. The average Bonchev–Trinajstić information content (AvgIpc) is 2.92. The number of para-hydroxylation sites is 1. The molecule has 0 fully saturated rings. The van der Waals surface area contributed by atoms with E-state index in [1.807, 2.05) is 19.1 Å². The molecule has 0 saturated carbocycles. The number of aromatic hydroxyl groups is 1. The van der Waals surface area contributed by atoms with Crippen molar-refractivity contribution in [2.45, 2.75) is 20.8 Å². The van der Waals surface area contributed by atoms with Gasteiger partial charge < -0.3 is 9.52 Å². The van der Waals surface area contributed by atoms with Crippen molar-refractivity contribution in [1.29, 1.82) is 0 Å². The van der Waals surface area contributed by atoms with Gasteiger partial charge in [0.15, 0.2) is 0 Å². The Bertz CT molecular complexity index is 806. The van der Waals surface area contributed by atoms with Gasteiger partial charge in [0.1, 0.15) is 5.75 Å². The third-order valence-corrected chi connectivity index (χ3v) is 3.63. The highest BCUT2D eigenvalue weighted by atomic mass is 16.4. The lowest BCUT2D eigenvalue weighted by Gasteiger charge is -2.06. The Morgan fingerprint density at radius 2 is 1.43 bits per heavy atom. The molecule has 21 heavy (non-hydrogen) atoms. The van der Waals surface area contributed by atoms with E-state index in [9.17, 15) is 5.11 Å². The Labute approximate surface area is 123 Å². The van der Waals surface area contributed by atoms with Crippen LogP contribution >= 0.6 is 0 Å². The number of hydrogen-bond donors (Lipinski definition) is 1. The Hall–Kier alpha value is -2.62. The van der Waals surface area contributed by atoms with Gasteiger partial charge in [0.05, 0.1) is 5.56 Å². The van der Waals surface area contributed by atoms with E-state index in [1.165, 1.54) is 11.1 Å². The molecule has 0 aliphatic carbocycles. The number of rotatable bonds is 2. The summed E-state index contributed by atoms with van der Waals surface area (Å²) in [6, 6.07) is 11.1. The summed E-state index contributed by atoms with van der Waals surface area (Å²) in [5.41, 5.74) is 4.96. The lowest BCUT2D eigenvalue weighted by atomic mass is 10.0. The van der Waals surface area contributed by atoms with Crippen LogP contribution in [0.2, 0.25) is 0 Å². The van der Waals surface area contributed by atoms with Crippen molar-refractivity contribution in [2.75, 3.05) is 0 Å². The zero-order valence-electron chi connectivity index (χ0n) is 12.2. The molecule has 0 bridgehead atoms. The molecule has 0 aliphatic heterocycles. The number of phenolic OH excluding ortho intramolecular Hbond substituents is 1.